The van der Waals surface area contributed by atoms with Gasteiger partial charge in [-0.3, -0.25) is 14.3 Å². The molecule has 0 aliphatic carbocycles. The quantitative estimate of drug-likeness (QED) is 0.670. The third-order valence-electron chi connectivity index (χ3n) is 5.30. The van der Waals surface area contributed by atoms with Gasteiger partial charge in [-0.2, -0.15) is 5.10 Å². The number of likely N-dealkylation sites (tertiary alicyclic amines) is 1. The standard InChI is InChI=1S/C21H23FN6O2/c1-26-9-7-23-20(26)19-17(14-3-5-16(22)6-4-14)13-28(25-19)10-8-24-21(30)15-11-18(29)27(2)12-15/h3-7,9,13,15H,8,10-12H2,1-2H3,(H,24,30)/t15-/m1/s1. The number of halogens is 1. The third kappa shape index (κ3) is 3.96. The van der Waals surface area contributed by atoms with Gasteiger partial charge in [0.15, 0.2) is 5.82 Å². The monoisotopic (exact) mass is 410 g/mol. The molecule has 1 atom stereocenters. The van der Waals surface area contributed by atoms with Crippen molar-refractivity contribution in [1.82, 2.24) is 29.5 Å². The molecular formula is C21H23FN6O2. The van der Waals surface area contributed by atoms with Crippen LogP contribution in [-0.2, 0) is 23.2 Å². The predicted octanol–water partition coefficient (Wildman–Crippen LogP) is 1.68. The lowest BCUT2D eigenvalue weighted by Crippen LogP contribution is -2.34. The average Bonchev–Trinajstić information content (AvgIpc) is 3.41. The number of rotatable bonds is 6. The first-order valence-electron chi connectivity index (χ1n) is 9.75. The molecule has 1 N–H and O–H groups in total. The van der Waals surface area contributed by atoms with E-state index in [-0.39, 0.29) is 30.0 Å². The molecular weight excluding hydrogens is 387 g/mol. The Bertz CT molecular complexity index is 1070. The maximum Gasteiger partial charge on any atom is 0.225 e. The van der Waals surface area contributed by atoms with E-state index >= 15 is 0 Å². The minimum Gasteiger partial charge on any atom is -0.354 e. The highest BCUT2D eigenvalue weighted by Crippen LogP contribution is 2.30. The first-order valence-corrected chi connectivity index (χ1v) is 9.75. The molecule has 0 spiro atoms. The molecule has 4 rings (SSSR count). The van der Waals surface area contributed by atoms with Gasteiger partial charge in [-0.05, 0) is 17.7 Å². The molecule has 0 radical (unpaired) electrons. The highest BCUT2D eigenvalue weighted by atomic mass is 19.1. The number of aryl methyl sites for hydroxylation is 1. The smallest absolute Gasteiger partial charge is 0.225 e. The van der Waals surface area contributed by atoms with Gasteiger partial charge in [0.1, 0.15) is 11.5 Å². The summed E-state index contributed by atoms with van der Waals surface area (Å²) in [6, 6.07) is 6.24. The van der Waals surface area contributed by atoms with Crippen LogP contribution in [0.2, 0.25) is 0 Å². The van der Waals surface area contributed by atoms with Crippen LogP contribution in [0.25, 0.3) is 22.6 Å². The summed E-state index contributed by atoms with van der Waals surface area (Å²) in [6.07, 6.45) is 5.66. The van der Waals surface area contributed by atoms with Crippen LogP contribution in [0.5, 0.6) is 0 Å². The van der Waals surface area contributed by atoms with Crippen molar-refractivity contribution in [3.63, 3.8) is 0 Å². The van der Waals surface area contributed by atoms with Gasteiger partial charge in [-0.25, -0.2) is 9.37 Å². The minimum absolute atomic E-state index is 0.00845. The Morgan fingerprint density at radius 3 is 2.67 bits per heavy atom. The largest absolute Gasteiger partial charge is 0.354 e. The highest BCUT2D eigenvalue weighted by Gasteiger charge is 2.31. The number of imidazole rings is 1. The van der Waals surface area contributed by atoms with Crippen molar-refractivity contribution in [2.24, 2.45) is 13.0 Å². The van der Waals surface area contributed by atoms with Crippen molar-refractivity contribution >= 4 is 11.8 Å². The summed E-state index contributed by atoms with van der Waals surface area (Å²) in [5, 5.41) is 7.54. The number of hydrogen-bond donors (Lipinski definition) is 1. The summed E-state index contributed by atoms with van der Waals surface area (Å²) in [6.45, 7) is 1.29. The molecule has 1 aliphatic rings. The number of nitrogens with zero attached hydrogens (tertiary/aromatic N) is 5. The predicted molar refractivity (Wildman–Crippen MR) is 109 cm³/mol. The fourth-order valence-electron chi connectivity index (χ4n) is 3.61. The first kappa shape index (κ1) is 19.8. The van der Waals surface area contributed by atoms with Gasteiger partial charge in [0.2, 0.25) is 11.8 Å². The molecule has 3 aromatic rings. The van der Waals surface area contributed by atoms with E-state index in [0.717, 1.165) is 11.1 Å². The van der Waals surface area contributed by atoms with Crippen molar-refractivity contribution in [3.05, 3.63) is 48.7 Å². The fraction of sp³-hybridized carbons (Fsp3) is 0.333. The fourth-order valence-corrected chi connectivity index (χ4v) is 3.61. The number of aromatic nitrogens is 4. The number of amides is 2. The van der Waals surface area contributed by atoms with E-state index < -0.39 is 0 Å². The second kappa shape index (κ2) is 8.10. The molecule has 0 bridgehead atoms. The molecule has 3 heterocycles. The molecule has 1 fully saturated rings. The zero-order chi connectivity index (χ0) is 21.3. The van der Waals surface area contributed by atoms with Crippen molar-refractivity contribution in [2.75, 3.05) is 20.1 Å². The lowest BCUT2D eigenvalue weighted by atomic mass is 10.1. The van der Waals surface area contributed by atoms with Gasteiger partial charge in [0, 0.05) is 57.8 Å². The molecule has 0 unspecified atom stereocenters. The summed E-state index contributed by atoms with van der Waals surface area (Å²) in [5.74, 6) is -0.0418. The Hall–Kier alpha value is -3.49. The topological polar surface area (TPSA) is 85.1 Å². The van der Waals surface area contributed by atoms with Crippen LogP contribution in [0.15, 0.2) is 42.9 Å². The molecule has 1 aromatic carbocycles. The minimum atomic E-state index is -0.307. The van der Waals surface area contributed by atoms with Crippen LogP contribution in [0.1, 0.15) is 6.42 Å². The zero-order valence-corrected chi connectivity index (χ0v) is 16.9. The Kier molecular flexibility index (Phi) is 5.35. The Morgan fingerprint density at radius 2 is 2.03 bits per heavy atom. The van der Waals surface area contributed by atoms with Gasteiger partial charge in [0.05, 0.1) is 12.5 Å². The first-order chi connectivity index (χ1) is 14.4. The molecule has 1 saturated heterocycles. The second-order valence-corrected chi connectivity index (χ2v) is 7.49. The second-order valence-electron chi connectivity index (χ2n) is 7.49. The van der Waals surface area contributed by atoms with Crippen LogP contribution in [0.3, 0.4) is 0 Å². The van der Waals surface area contributed by atoms with Crippen molar-refractivity contribution in [3.8, 4) is 22.6 Å². The summed E-state index contributed by atoms with van der Waals surface area (Å²) in [7, 11) is 3.59. The van der Waals surface area contributed by atoms with Crippen LogP contribution < -0.4 is 5.32 Å². The molecule has 0 saturated carbocycles. The number of carbonyl (C=O) groups excluding carboxylic acids is 2. The molecule has 2 aromatic heterocycles. The maximum atomic E-state index is 13.4. The lowest BCUT2D eigenvalue weighted by Gasteiger charge is -2.11. The molecule has 2 amide bonds. The summed E-state index contributed by atoms with van der Waals surface area (Å²) < 4.78 is 17.0. The maximum absolute atomic E-state index is 13.4. The number of benzene rings is 1. The molecule has 1 aliphatic heterocycles. The Balaban J connectivity index is 1.50. The summed E-state index contributed by atoms with van der Waals surface area (Å²) in [5.41, 5.74) is 2.35. The normalized spacial score (nSPS) is 16.3. The van der Waals surface area contributed by atoms with Gasteiger partial charge in [-0.1, -0.05) is 12.1 Å². The summed E-state index contributed by atoms with van der Waals surface area (Å²) in [4.78, 5) is 29.9. The van der Waals surface area contributed by atoms with Crippen LogP contribution in [0.4, 0.5) is 4.39 Å². The molecule has 8 nitrogen and oxygen atoms in total. The molecule has 30 heavy (non-hydrogen) atoms. The molecule has 9 heteroatoms. The Morgan fingerprint density at radius 1 is 1.27 bits per heavy atom. The van der Waals surface area contributed by atoms with Gasteiger partial charge in [0.25, 0.3) is 0 Å². The van der Waals surface area contributed by atoms with Crippen molar-refractivity contribution in [1.29, 1.82) is 0 Å². The van der Waals surface area contributed by atoms with E-state index in [1.54, 1.807) is 35.0 Å². The van der Waals surface area contributed by atoms with E-state index in [9.17, 15) is 14.0 Å². The molecule has 156 valence electrons. The number of nitrogens with one attached hydrogen (secondary N) is 1. The van der Waals surface area contributed by atoms with Gasteiger partial charge in [-0.15, -0.1) is 0 Å². The van der Waals surface area contributed by atoms with Crippen LogP contribution >= 0.6 is 0 Å². The van der Waals surface area contributed by atoms with Gasteiger partial charge < -0.3 is 14.8 Å². The van der Waals surface area contributed by atoms with E-state index in [2.05, 4.69) is 15.4 Å². The zero-order valence-electron chi connectivity index (χ0n) is 16.9. The summed E-state index contributed by atoms with van der Waals surface area (Å²) >= 11 is 0. The number of carbonyl (C=O) groups is 2. The van der Waals surface area contributed by atoms with E-state index in [1.165, 1.54) is 12.1 Å². The van der Waals surface area contributed by atoms with Crippen LogP contribution in [-0.4, -0.2) is 56.2 Å². The lowest BCUT2D eigenvalue weighted by molar-refractivity contribution is -0.128. The van der Waals surface area contributed by atoms with E-state index in [1.807, 2.05) is 24.0 Å². The average molecular weight is 410 g/mol. The van der Waals surface area contributed by atoms with E-state index in [4.69, 9.17) is 0 Å². The number of hydrogen-bond acceptors (Lipinski definition) is 4. The van der Waals surface area contributed by atoms with Crippen molar-refractivity contribution in [2.45, 2.75) is 13.0 Å². The van der Waals surface area contributed by atoms with Crippen molar-refractivity contribution < 1.29 is 14.0 Å². The Labute approximate surface area is 173 Å². The van der Waals surface area contributed by atoms with Crippen LogP contribution in [0, 0.1) is 11.7 Å². The third-order valence-corrected chi connectivity index (χ3v) is 5.30. The van der Waals surface area contributed by atoms with E-state index in [0.29, 0.717) is 31.2 Å². The van der Waals surface area contributed by atoms with Gasteiger partial charge >= 0.3 is 0 Å². The highest BCUT2D eigenvalue weighted by molar-refractivity contribution is 5.89. The SMILES string of the molecule is CN1C[C@H](C(=O)NCCn2cc(-c3ccc(F)cc3)c(-c3nccn3C)n2)CC1=O.